The van der Waals surface area contributed by atoms with Crippen molar-refractivity contribution in [1.29, 1.82) is 0 Å². The fourth-order valence-corrected chi connectivity index (χ4v) is 4.21. The smallest absolute Gasteiger partial charge is 0.255 e. The summed E-state index contributed by atoms with van der Waals surface area (Å²) in [6, 6.07) is 13.4. The number of benzene rings is 2. The standard InChI is InChI=1S/C21H19N3O/c1-12-4-2-3-5-16(12)24-21(25)15-8-9-17-18(11-15)23-20-14-7-6-13(10-14)19(20)22-17/h2-5,8-9,11,13-14H,6-7,10H2,1H3,(H,24,25). The van der Waals surface area contributed by atoms with Crippen LogP contribution in [0.3, 0.4) is 0 Å². The van der Waals surface area contributed by atoms with Gasteiger partial charge in [-0.2, -0.15) is 0 Å². The maximum atomic E-state index is 12.6. The molecule has 0 saturated heterocycles. The van der Waals surface area contributed by atoms with Gasteiger partial charge < -0.3 is 5.32 Å². The van der Waals surface area contributed by atoms with Gasteiger partial charge >= 0.3 is 0 Å². The lowest BCUT2D eigenvalue weighted by molar-refractivity contribution is 0.102. The van der Waals surface area contributed by atoms with E-state index in [4.69, 9.17) is 9.97 Å². The summed E-state index contributed by atoms with van der Waals surface area (Å²) >= 11 is 0. The Balaban J connectivity index is 1.50. The minimum atomic E-state index is -0.111. The predicted octanol–water partition coefficient (Wildman–Crippen LogP) is 4.56. The van der Waals surface area contributed by atoms with Gasteiger partial charge in [-0.05, 0) is 56.0 Å². The van der Waals surface area contributed by atoms with Crippen LogP contribution in [0.25, 0.3) is 11.0 Å². The van der Waals surface area contributed by atoms with Crippen molar-refractivity contribution < 1.29 is 4.79 Å². The van der Waals surface area contributed by atoms with E-state index in [9.17, 15) is 4.79 Å². The molecule has 0 spiro atoms. The van der Waals surface area contributed by atoms with Crippen LogP contribution in [0.2, 0.25) is 0 Å². The van der Waals surface area contributed by atoms with E-state index in [1.54, 1.807) is 0 Å². The average Bonchev–Trinajstić information content (AvgIpc) is 3.23. The largest absolute Gasteiger partial charge is 0.322 e. The topological polar surface area (TPSA) is 54.9 Å². The highest BCUT2D eigenvalue weighted by Gasteiger charge is 2.39. The Hall–Kier alpha value is -2.75. The Bertz CT molecular complexity index is 1010. The van der Waals surface area contributed by atoms with E-state index in [0.717, 1.165) is 22.3 Å². The van der Waals surface area contributed by atoms with Gasteiger partial charge in [-0.25, -0.2) is 9.97 Å². The molecule has 1 amide bonds. The van der Waals surface area contributed by atoms with E-state index in [2.05, 4.69) is 5.32 Å². The lowest BCUT2D eigenvalue weighted by Crippen LogP contribution is -2.13. The molecule has 4 nitrogen and oxygen atoms in total. The molecule has 1 N–H and O–H groups in total. The molecule has 124 valence electrons. The molecule has 2 atom stereocenters. The molecule has 2 aliphatic rings. The van der Waals surface area contributed by atoms with Crippen molar-refractivity contribution in [3.63, 3.8) is 0 Å². The SMILES string of the molecule is Cc1ccccc1NC(=O)c1ccc2nc3c(nc2c1)C1CCC3C1. The first-order chi connectivity index (χ1) is 12.2. The van der Waals surface area contributed by atoms with Crippen LogP contribution in [-0.2, 0) is 0 Å². The Morgan fingerprint density at radius 3 is 2.48 bits per heavy atom. The zero-order chi connectivity index (χ0) is 17.0. The van der Waals surface area contributed by atoms with E-state index in [1.807, 2.05) is 49.4 Å². The van der Waals surface area contributed by atoms with Crippen molar-refractivity contribution in [3.05, 3.63) is 65.0 Å². The minimum absolute atomic E-state index is 0.111. The summed E-state index contributed by atoms with van der Waals surface area (Å²) in [5.74, 6) is 1.06. The molecule has 25 heavy (non-hydrogen) atoms. The Morgan fingerprint density at radius 1 is 1.00 bits per heavy atom. The molecular formula is C21H19N3O. The van der Waals surface area contributed by atoms with Crippen LogP contribution in [0, 0.1) is 6.92 Å². The van der Waals surface area contributed by atoms with Crippen LogP contribution < -0.4 is 5.32 Å². The lowest BCUT2D eigenvalue weighted by atomic mass is 10.00. The number of aromatic nitrogens is 2. The second-order valence-electron chi connectivity index (χ2n) is 7.17. The highest BCUT2D eigenvalue weighted by molar-refractivity contribution is 6.06. The van der Waals surface area contributed by atoms with Gasteiger partial charge in [0.25, 0.3) is 5.91 Å². The number of hydrogen-bond donors (Lipinski definition) is 1. The first kappa shape index (κ1) is 14.6. The number of rotatable bonds is 2. The third kappa shape index (κ3) is 2.32. The zero-order valence-electron chi connectivity index (χ0n) is 14.1. The van der Waals surface area contributed by atoms with Crippen LogP contribution in [0.5, 0.6) is 0 Å². The minimum Gasteiger partial charge on any atom is -0.322 e. The molecule has 0 radical (unpaired) electrons. The van der Waals surface area contributed by atoms with Crippen LogP contribution in [0.1, 0.15) is 58.4 Å². The molecule has 1 saturated carbocycles. The fraction of sp³-hybridized carbons (Fsp3) is 0.286. The van der Waals surface area contributed by atoms with Crippen molar-refractivity contribution in [2.75, 3.05) is 5.32 Å². The van der Waals surface area contributed by atoms with E-state index < -0.39 is 0 Å². The van der Waals surface area contributed by atoms with Crippen LogP contribution in [0.4, 0.5) is 5.69 Å². The number of fused-ring (bicyclic) bond motifs is 6. The third-order valence-electron chi connectivity index (χ3n) is 5.58. The maximum absolute atomic E-state index is 12.6. The van der Waals surface area contributed by atoms with E-state index >= 15 is 0 Å². The highest BCUT2D eigenvalue weighted by Crippen LogP contribution is 2.51. The van der Waals surface area contributed by atoms with Crippen LogP contribution in [0.15, 0.2) is 42.5 Å². The number of anilines is 1. The summed E-state index contributed by atoms with van der Waals surface area (Å²) in [7, 11) is 0. The van der Waals surface area contributed by atoms with Gasteiger partial charge in [-0.15, -0.1) is 0 Å². The molecular weight excluding hydrogens is 310 g/mol. The number of hydrogen-bond acceptors (Lipinski definition) is 3. The predicted molar refractivity (Wildman–Crippen MR) is 98.0 cm³/mol. The summed E-state index contributed by atoms with van der Waals surface area (Å²) in [6.45, 7) is 1.99. The van der Waals surface area contributed by atoms with Gasteiger partial charge in [-0.3, -0.25) is 4.79 Å². The number of nitrogens with zero attached hydrogens (tertiary/aromatic N) is 2. The normalized spacial score (nSPS) is 20.7. The van der Waals surface area contributed by atoms with Gasteiger partial charge in [0.15, 0.2) is 0 Å². The number of nitrogens with one attached hydrogen (secondary N) is 1. The molecule has 2 unspecified atom stereocenters. The summed E-state index contributed by atoms with van der Waals surface area (Å²) in [5.41, 5.74) is 6.58. The number of amides is 1. The second-order valence-corrected chi connectivity index (χ2v) is 7.17. The highest BCUT2D eigenvalue weighted by atomic mass is 16.1. The van der Waals surface area contributed by atoms with E-state index in [1.165, 1.54) is 30.7 Å². The van der Waals surface area contributed by atoms with Crippen molar-refractivity contribution in [2.24, 2.45) is 0 Å². The van der Waals surface area contributed by atoms with E-state index in [-0.39, 0.29) is 5.91 Å². The third-order valence-corrected chi connectivity index (χ3v) is 5.58. The van der Waals surface area contributed by atoms with Gasteiger partial charge in [0.05, 0.1) is 22.4 Å². The molecule has 2 aliphatic carbocycles. The summed E-state index contributed by atoms with van der Waals surface area (Å²) in [4.78, 5) is 22.3. The molecule has 2 bridgehead atoms. The quantitative estimate of drug-likeness (QED) is 0.750. The Morgan fingerprint density at radius 2 is 1.72 bits per heavy atom. The number of carbonyl (C=O) groups is 1. The lowest BCUT2D eigenvalue weighted by Gasteiger charge is -2.14. The zero-order valence-corrected chi connectivity index (χ0v) is 14.1. The summed E-state index contributed by atoms with van der Waals surface area (Å²) < 4.78 is 0. The number of carbonyl (C=O) groups excluding carboxylic acids is 1. The monoisotopic (exact) mass is 329 g/mol. The number of aryl methyl sites for hydroxylation is 1. The summed E-state index contributed by atoms with van der Waals surface area (Å²) in [5, 5.41) is 2.98. The van der Waals surface area contributed by atoms with Crippen molar-refractivity contribution in [1.82, 2.24) is 9.97 Å². The molecule has 0 aliphatic heterocycles. The fourth-order valence-electron chi connectivity index (χ4n) is 4.21. The molecule has 5 rings (SSSR count). The molecule has 3 aromatic rings. The van der Waals surface area contributed by atoms with Crippen molar-refractivity contribution >= 4 is 22.6 Å². The van der Waals surface area contributed by atoms with Crippen LogP contribution >= 0.6 is 0 Å². The van der Waals surface area contributed by atoms with Crippen molar-refractivity contribution in [3.8, 4) is 0 Å². The van der Waals surface area contributed by atoms with Gasteiger partial charge in [0, 0.05) is 23.1 Å². The average molecular weight is 329 g/mol. The van der Waals surface area contributed by atoms with Crippen molar-refractivity contribution in [2.45, 2.75) is 38.0 Å². The second kappa shape index (κ2) is 5.38. The first-order valence-corrected chi connectivity index (χ1v) is 8.87. The van der Waals surface area contributed by atoms with Gasteiger partial charge in [0.2, 0.25) is 0 Å². The Labute approximate surface area is 146 Å². The summed E-state index contributed by atoms with van der Waals surface area (Å²) in [6.07, 6.45) is 3.67. The van der Waals surface area contributed by atoms with Gasteiger partial charge in [0.1, 0.15) is 0 Å². The van der Waals surface area contributed by atoms with Crippen LogP contribution in [-0.4, -0.2) is 15.9 Å². The number of para-hydroxylation sites is 1. The van der Waals surface area contributed by atoms with Gasteiger partial charge in [-0.1, -0.05) is 18.2 Å². The Kier molecular flexibility index (Phi) is 3.14. The maximum Gasteiger partial charge on any atom is 0.255 e. The first-order valence-electron chi connectivity index (χ1n) is 8.87. The molecule has 1 fully saturated rings. The van der Waals surface area contributed by atoms with E-state index in [0.29, 0.717) is 17.4 Å². The molecule has 1 heterocycles. The molecule has 1 aromatic heterocycles. The molecule has 4 heteroatoms. The molecule has 2 aromatic carbocycles.